The summed E-state index contributed by atoms with van der Waals surface area (Å²) in [7, 11) is 0. The summed E-state index contributed by atoms with van der Waals surface area (Å²) in [6.45, 7) is 10.8. The Bertz CT molecular complexity index is 385. The lowest BCUT2D eigenvalue weighted by Gasteiger charge is -2.27. The Kier molecular flexibility index (Phi) is 5.00. The second kappa shape index (κ2) is 6.53. The molecule has 0 aromatic heterocycles. The van der Waals surface area contributed by atoms with Gasteiger partial charge in [-0.05, 0) is 35.9 Å². The lowest BCUT2D eigenvalue weighted by atomic mass is 9.91. The van der Waals surface area contributed by atoms with Crippen LogP contribution < -0.4 is 5.32 Å². The monoisotopic (exact) mass is 261 g/mol. The maximum absolute atomic E-state index is 5.95. The van der Waals surface area contributed by atoms with Crippen LogP contribution in [0.5, 0.6) is 0 Å². The molecule has 0 bridgehead atoms. The van der Waals surface area contributed by atoms with E-state index in [-0.39, 0.29) is 0 Å². The van der Waals surface area contributed by atoms with E-state index >= 15 is 0 Å². The van der Waals surface area contributed by atoms with Crippen LogP contribution in [0.25, 0.3) is 0 Å². The molecule has 1 aliphatic heterocycles. The summed E-state index contributed by atoms with van der Waals surface area (Å²) in [5.74, 6) is 1.22. The first-order valence-corrected chi connectivity index (χ1v) is 7.58. The fourth-order valence-electron chi connectivity index (χ4n) is 2.88. The minimum absolute atomic E-state index is 0.310. The number of hydrogen-bond donors (Lipinski definition) is 1. The van der Waals surface area contributed by atoms with Gasteiger partial charge in [0.25, 0.3) is 0 Å². The van der Waals surface area contributed by atoms with Gasteiger partial charge in [-0.1, -0.05) is 52.0 Å². The van der Waals surface area contributed by atoms with E-state index in [4.69, 9.17) is 4.74 Å². The van der Waals surface area contributed by atoms with Crippen molar-refractivity contribution in [3.8, 4) is 0 Å². The summed E-state index contributed by atoms with van der Waals surface area (Å²) >= 11 is 0. The fraction of sp³-hybridized carbons (Fsp3) is 0.647. The molecule has 1 aromatic carbocycles. The molecule has 1 N–H and O–H groups in total. The predicted octanol–water partition coefficient (Wildman–Crippen LogP) is 3.89. The number of hydrogen-bond acceptors (Lipinski definition) is 2. The zero-order valence-electron chi connectivity index (χ0n) is 12.6. The van der Waals surface area contributed by atoms with Crippen molar-refractivity contribution in [2.45, 2.75) is 52.2 Å². The first kappa shape index (κ1) is 14.5. The van der Waals surface area contributed by atoms with Crippen LogP contribution in [0.2, 0.25) is 0 Å². The highest BCUT2D eigenvalue weighted by atomic mass is 16.5. The molecule has 0 aliphatic carbocycles. The molecule has 19 heavy (non-hydrogen) atoms. The van der Waals surface area contributed by atoms with E-state index in [0.717, 1.165) is 13.2 Å². The van der Waals surface area contributed by atoms with Crippen molar-refractivity contribution in [3.63, 3.8) is 0 Å². The van der Waals surface area contributed by atoms with Gasteiger partial charge in [-0.3, -0.25) is 0 Å². The molecular weight excluding hydrogens is 234 g/mol. The van der Waals surface area contributed by atoms with Crippen molar-refractivity contribution in [2.24, 2.45) is 5.92 Å². The van der Waals surface area contributed by atoms with E-state index in [2.05, 4.69) is 57.3 Å². The van der Waals surface area contributed by atoms with E-state index in [1.54, 1.807) is 0 Å². The van der Waals surface area contributed by atoms with Gasteiger partial charge in [0.2, 0.25) is 0 Å². The van der Waals surface area contributed by atoms with Crippen LogP contribution >= 0.6 is 0 Å². The zero-order valence-corrected chi connectivity index (χ0v) is 12.6. The van der Waals surface area contributed by atoms with E-state index in [9.17, 15) is 0 Å². The van der Waals surface area contributed by atoms with Crippen molar-refractivity contribution in [1.29, 1.82) is 0 Å². The molecule has 2 heteroatoms. The van der Waals surface area contributed by atoms with Crippen molar-refractivity contribution in [1.82, 2.24) is 5.32 Å². The van der Waals surface area contributed by atoms with E-state index < -0.39 is 0 Å². The van der Waals surface area contributed by atoms with Crippen molar-refractivity contribution < 1.29 is 4.74 Å². The number of benzene rings is 1. The topological polar surface area (TPSA) is 21.3 Å². The van der Waals surface area contributed by atoms with Gasteiger partial charge in [0, 0.05) is 6.61 Å². The molecule has 2 rings (SSSR count). The summed E-state index contributed by atoms with van der Waals surface area (Å²) in [5.41, 5.74) is 2.75. The SMILES string of the molecule is CCNC(c1ccc(C(C)C)cc1)C1OCCC1C. The maximum atomic E-state index is 5.95. The Morgan fingerprint density at radius 1 is 1.21 bits per heavy atom. The Morgan fingerprint density at radius 2 is 1.84 bits per heavy atom. The Morgan fingerprint density at radius 3 is 2.32 bits per heavy atom. The number of likely N-dealkylation sites (N-methyl/N-ethyl adjacent to an activating group) is 1. The summed E-state index contributed by atoms with van der Waals surface area (Å²) in [6, 6.07) is 9.35. The van der Waals surface area contributed by atoms with Crippen LogP contribution in [0, 0.1) is 5.92 Å². The molecule has 1 fully saturated rings. The second-order valence-electron chi connectivity index (χ2n) is 5.96. The van der Waals surface area contributed by atoms with Gasteiger partial charge in [-0.2, -0.15) is 0 Å². The molecule has 3 unspecified atom stereocenters. The Hall–Kier alpha value is -0.860. The standard InChI is InChI=1S/C17H27NO/c1-5-18-16(17-13(4)10-11-19-17)15-8-6-14(7-9-15)12(2)3/h6-9,12-13,16-18H,5,10-11H2,1-4H3. The minimum Gasteiger partial charge on any atom is -0.376 e. The number of nitrogens with one attached hydrogen (secondary N) is 1. The molecule has 0 spiro atoms. The molecule has 2 nitrogen and oxygen atoms in total. The van der Waals surface area contributed by atoms with Crippen LogP contribution in [0.3, 0.4) is 0 Å². The molecule has 0 amide bonds. The summed E-state index contributed by atoms with van der Waals surface area (Å²) < 4.78 is 5.95. The normalized spacial score (nSPS) is 24.9. The molecule has 1 aliphatic rings. The Balaban J connectivity index is 2.18. The minimum atomic E-state index is 0.310. The van der Waals surface area contributed by atoms with Crippen LogP contribution in [-0.4, -0.2) is 19.3 Å². The van der Waals surface area contributed by atoms with Gasteiger partial charge in [0.05, 0.1) is 12.1 Å². The maximum Gasteiger partial charge on any atom is 0.0795 e. The highest BCUT2D eigenvalue weighted by Gasteiger charge is 2.32. The van der Waals surface area contributed by atoms with Crippen molar-refractivity contribution in [3.05, 3.63) is 35.4 Å². The lowest BCUT2D eigenvalue weighted by Crippen LogP contribution is -2.34. The van der Waals surface area contributed by atoms with Gasteiger partial charge in [-0.15, -0.1) is 0 Å². The van der Waals surface area contributed by atoms with E-state index in [0.29, 0.717) is 24.0 Å². The third kappa shape index (κ3) is 3.37. The predicted molar refractivity (Wildman–Crippen MR) is 80.5 cm³/mol. The van der Waals surface area contributed by atoms with Crippen LogP contribution in [0.1, 0.15) is 57.2 Å². The van der Waals surface area contributed by atoms with Crippen molar-refractivity contribution in [2.75, 3.05) is 13.2 Å². The summed E-state index contributed by atoms with van der Waals surface area (Å²) in [5, 5.41) is 3.59. The quantitative estimate of drug-likeness (QED) is 0.868. The van der Waals surface area contributed by atoms with E-state index in [1.807, 2.05) is 0 Å². The molecule has 1 saturated heterocycles. The summed E-state index contributed by atoms with van der Waals surface area (Å²) in [4.78, 5) is 0. The molecule has 0 saturated carbocycles. The molecule has 106 valence electrons. The lowest BCUT2D eigenvalue weighted by molar-refractivity contribution is 0.0612. The van der Waals surface area contributed by atoms with Crippen LogP contribution in [0.4, 0.5) is 0 Å². The average Bonchev–Trinajstić information content (AvgIpc) is 2.82. The van der Waals surface area contributed by atoms with Crippen LogP contribution in [0.15, 0.2) is 24.3 Å². The smallest absolute Gasteiger partial charge is 0.0795 e. The first-order chi connectivity index (χ1) is 9.13. The second-order valence-corrected chi connectivity index (χ2v) is 5.96. The molecule has 3 atom stereocenters. The summed E-state index contributed by atoms with van der Waals surface area (Å²) in [6.07, 6.45) is 1.49. The third-order valence-corrected chi connectivity index (χ3v) is 4.16. The number of ether oxygens (including phenoxy) is 1. The first-order valence-electron chi connectivity index (χ1n) is 7.58. The van der Waals surface area contributed by atoms with Gasteiger partial charge in [0.1, 0.15) is 0 Å². The molecule has 0 radical (unpaired) electrons. The zero-order chi connectivity index (χ0) is 13.8. The van der Waals surface area contributed by atoms with Gasteiger partial charge < -0.3 is 10.1 Å². The van der Waals surface area contributed by atoms with Gasteiger partial charge in [0.15, 0.2) is 0 Å². The van der Waals surface area contributed by atoms with E-state index in [1.165, 1.54) is 17.5 Å². The van der Waals surface area contributed by atoms with Gasteiger partial charge >= 0.3 is 0 Å². The molecule has 1 heterocycles. The Labute approximate surface area is 117 Å². The molecule has 1 aromatic rings. The average molecular weight is 261 g/mol. The third-order valence-electron chi connectivity index (χ3n) is 4.16. The molecular formula is C17H27NO. The highest BCUT2D eigenvalue weighted by molar-refractivity contribution is 5.28. The van der Waals surface area contributed by atoms with Crippen molar-refractivity contribution >= 4 is 0 Å². The fourth-order valence-corrected chi connectivity index (χ4v) is 2.88. The van der Waals surface area contributed by atoms with Gasteiger partial charge in [-0.25, -0.2) is 0 Å². The van der Waals surface area contributed by atoms with Crippen LogP contribution in [-0.2, 0) is 4.74 Å². The highest BCUT2D eigenvalue weighted by Crippen LogP contribution is 2.31. The largest absolute Gasteiger partial charge is 0.376 e. The number of rotatable bonds is 5.